The lowest BCUT2D eigenvalue weighted by Gasteiger charge is -2.15. The van der Waals surface area contributed by atoms with Gasteiger partial charge in [0.05, 0.1) is 4.90 Å². The van der Waals surface area contributed by atoms with Crippen molar-refractivity contribution in [2.45, 2.75) is 24.7 Å². The molecule has 0 bridgehead atoms. The minimum Gasteiger partial charge on any atom is -0.385 e. The highest BCUT2D eigenvalue weighted by Gasteiger charge is 2.08. The van der Waals surface area contributed by atoms with Crippen LogP contribution in [0.15, 0.2) is 29.2 Å². The predicted molar refractivity (Wildman–Crippen MR) is 73.8 cm³/mol. The number of benzene rings is 1. The third kappa shape index (κ3) is 4.64. The maximum absolute atomic E-state index is 11.1. The number of hydrogen-bond acceptors (Lipinski definition) is 4. The quantitative estimate of drug-likeness (QED) is 0.692. The van der Waals surface area contributed by atoms with Crippen molar-refractivity contribution in [3.8, 4) is 0 Å². The molecule has 0 saturated heterocycles. The van der Waals surface area contributed by atoms with Crippen LogP contribution in [0.4, 0.5) is 5.69 Å². The summed E-state index contributed by atoms with van der Waals surface area (Å²) in [4.78, 5) is 0.127. The van der Waals surface area contributed by atoms with E-state index in [9.17, 15) is 8.42 Å². The van der Waals surface area contributed by atoms with E-state index in [1.165, 1.54) is 12.1 Å². The van der Waals surface area contributed by atoms with E-state index in [1.807, 2.05) is 0 Å². The summed E-state index contributed by atoms with van der Waals surface area (Å²) in [7, 11) is -3.61. The molecule has 5 N–H and O–H groups in total. The van der Waals surface area contributed by atoms with Gasteiger partial charge in [-0.15, -0.1) is 0 Å². The smallest absolute Gasteiger partial charge is 0.238 e. The van der Waals surface area contributed by atoms with E-state index >= 15 is 0 Å². The second kappa shape index (κ2) is 6.72. The van der Waals surface area contributed by atoms with Crippen LogP contribution in [0, 0.1) is 5.92 Å². The molecule has 1 aromatic rings. The highest BCUT2D eigenvalue weighted by Crippen LogP contribution is 2.14. The van der Waals surface area contributed by atoms with Crippen molar-refractivity contribution in [3.05, 3.63) is 24.3 Å². The summed E-state index contributed by atoms with van der Waals surface area (Å²) in [6.07, 6.45) is 2.05. The molecule has 0 radical (unpaired) electrons. The first-order valence-corrected chi connectivity index (χ1v) is 7.58. The van der Waals surface area contributed by atoms with Gasteiger partial charge in [0.25, 0.3) is 0 Å². The minimum absolute atomic E-state index is 0.127. The number of nitrogens with two attached hydrogens (primary N) is 2. The van der Waals surface area contributed by atoms with Crippen molar-refractivity contribution in [3.63, 3.8) is 0 Å². The first-order valence-electron chi connectivity index (χ1n) is 6.04. The van der Waals surface area contributed by atoms with Gasteiger partial charge in [0.2, 0.25) is 10.0 Å². The van der Waals surface area contributed by atoms with Gasteiger partial charge in [0.1, 0.15) is 0 Å². The largest absolute Gasteiger partial charge is 0.385 e. The van der Waals surface area contributed by atoms with Gasteiger partial charge in [-0.25, -0.2) is 13.6 Å². The van der Waals surface area contributed by atoms with Crippen molar-refractivity contribution in [2.75, 3.05) is 18.4 Å². The lowest BCUT2D eigenvalue weighted by Crippen LogP contribution is -2.17. The number of rotatable bonds is 7. The van der Waals surface area contributed by atoms with Crippen molar-refractivity contribution in [2.24, 2.45) is 16.8 Å². The molecule has 1 aromatic carbocycles. The summed E-state index contributed by atoms with van der Waals surface area (Å²) >= 11 is 0. The maximum Gasteiger partial charge on any atom is 0.238 e. The summed E-state index contributed by atoms with van der Waals surface area (Å²) in [6, 6.07) is 6.44. The minimum atomic E-state index is -3.61. The number of primary sulfonamides is 1. The van der Waals surface area contributed by atoms with Gasteiger partial charge in [0, 0.05) is 12.2 Å². The molecule has 0 aliphatic rings. The summed E-state index contributed by atoms with van der Waals surface area (Å²) in [6.45, 7) is 3.65. The van der Waals surface area contributed by atoms with Crippen LogP contribution >= 0.6 is 0 Å². The Bertz CT molecular complexity index is 457. The molecule has 0 aliphatic carbocycles. The Morgan fingerprint density at radius 3 is 2.33 bits per heavy atom. The average molecular weight is 271 g/mol. The average Bonchev–Trinajstić information content (AvgIpc) is 2.34. The van der Waals surface area contributed by atoms with Crippen LogP contribution in [0.5, 0.6) is 0 Å². The zero-order chi connectivity index (χ0) is 13.6. The Morgan fingerprint density at radius 2 is 1.89 bits per heavy atom. The molecule has 0 aliphatic heterocycles. The molecule has 102 valence electrons. The first-order chi connectivity index (χ1) is 8.47. The number of hydrogen-bond donors (Lipinski definition) is 3. The molecule has 5 nitrogen and oxygen atoms in total. The first kappa shape index (κ1) is 14.9. The highest BCUT2D eigenvalue weighted by molar-refractivity contribution is 7.89. The molecule has 0 fully saturated rings. The van der Waals surface area contributed by atoms with E-state index in [4.69, 9.17) is 10.9 Å². The lowest BCUT2D eigenvalue weighted by atomic mass is 10.0. The summed E-state index contributed by atoms with van der Waals surface area (Å²) in [5, 5.41) is 8.30. The lowest BCUT2D eigenvalue weighted by molar-refractivity contribution is 0.501. The van der Waals surface area contributed by atoms with Gasteiger partial charge in [0.15, 0.2) is 0 Å². The van der Waals surface area contributed by atoms with Gasteiger partial charge in [-0.1, -0.05) is 13.3 Å². The van der Waals surface area contributed by atoms with Crippen LogP contribution < -0.4 is 16.2 Å². The topological polar surface area (TPSA) is 98.2 Å². The zero-order valence-corrected chi connectivity index (χ0v) is 11.4. The van der Waals surface area contributed by atoms with Gasteiger partial charge >= 0.3 is 0 Å². The molecule has 0 spiro atoms. The van der Waals surface area contributed by atoms with Crippen LogP contribution in [0.3, 0.4) is 0 Å². The van der Waals surface area contributed by atoms with Crippen LogP contribution in [-0.2, 0) is 10.0 Å². The zero-order valence-electron chi connectivity index (χ0n) is 10.6. The molecule has 0 saturated carbocycles. The Balaban J connectivity index is 2.59. The van der Waals surface area contributed by atoms with E-state index < -0.39 is 10.0 Å². The monoisotopic (exact) mass is 271 g/mol. The Kier molecular flexibility index (Phi) is 5.58. The van der Waals surface area contributed by atoms with Crippen LogP contribution in [0.2, 0.25) is 0 Å². The van der Waals surface area contributed by atoms with Crippen LogP contribution in [0.25, 0.3) is 0 Å². The molecule has 0 heterocycles. The summed E-state index contributed by atoms with van der Waals surface area (Å²) in [5.74, 6) is 0.535. The molecular weight excluding hydrogens is 250 g/mol. The Morgan fingerprint density at radius 1 is 1.28 bits per heavy atom. The Hall–Kier alpha value is -1.11. The van der Waals surface area contributed by atoms with E-state index in [2.05, 4.69) is 12.2 Å². The number of sulfonamides is 1. The highest BCUT2D eigenvalue weighted by atomic mass is 32.2. The number of nitrogens with one attached hydrogen (secondary N) is 1. The fourth-order valence-corrected chi connectivity index (χ4v) is 2.23. The summed E-state index contributed by atoms with van der Waals surface area (Å²) in [5.41, 5.74) is 6.42. The number of anilines is 1. The van der Waals surface area contributed by atoms with Crippen molar-refractivity contribution in [1.29, 1.82) is 0 Å². The third-order valence-electron chi connectivity index (χ3n) is 2.93. The molecule has 0 amide bonds. The normalized spacial score (nSPS) is 13.3. The van der Waals surface area contributed by atoms with Gasteiger partial charge < -0.3 is 11.1 Å². The van der Waals surface area contributed by atoms with Gasteiger partial charge in [-0.05, 0) is 43.1 Å². The fraction of sp³-hybridized carbons (Fsp3) is 0.500. The van der Waals surface area contributed by atoms with E-state index in [-0.39, 0.29) is 4.90 Å². The standard InChI is InChI=1S/C12H21N3O2S/c1-2-10(7-8-13)9-15-11-3-5-12(6-4-11)18(14,16)17/h3-6,10,15H,2,7-9,13H2,1H3,(H2,14,16,17). The Labute approximate surface area is 109 Å². The molecule has 6 heteroatoms. The second-order valence-electron chi connectivity index (χ2n) is 4.30. The fourth-order valence-electron chi connectivity index (χ4n) is 1.71. The second-order valence-corrected chi connectivity index (χ2v) is 5.86. The molecule has 0 aromatic heterocycles. The molecule has 1 unspecified atom stereocenters. The van der Waals surface area contributed by atoms with Crippen LogP contribution in [0.1, 0.15) is 19.8 Å². The third-order valence-corrected chi connectivity index (χ3v) is 3.86. The van der Waals surface area contributed by atoms with Gasteiger partial charge in [-0.3, -0.25) is 0 Å². The van der Waals surface area contributed by atoms with E-state index in [1.54, 1.807) is 12.1 Å². The van der Waals surface area contributed by atoms with Crippen molar-refractivity contribution < 1.29 is 8.42 Å². The van der Waals surface area contributed by atoms with E-state index in [0.29, 0.717) is 12.5 Å². The molecule has 1 atom stereocenters. The van der Waals surface area contributed by atoms with Crippen molar-refractivity contribution >= 4 is 15.7 Å². The maximum atomic E-state index is 11.1. The molecular formula is C12H21N3O2S. The van der Waals surface area contributed by atoms with Crippen molar-refractivity contribution in [1.82, 2.24) is 0 Å². The molecule has 1 rings (SSSR count). The summed E-state index contributed by atoms with van der Waals surface area (Å²) < 4.78 is 22.2. The van der Waals surface area contributed by atoms with E-state index in [0.717, 1.165) is 25.1 Å². The van der Waals surface area contributed by atoms with Crippen LogP contribution in [-0.4, -0.2) is 21.5 Å². The van der Waals surface area contributed by atoms with Gasteiger partial charge in [-0.2, -0.15) is 0 Å². The SMILES string of the molecule is CCC(CCN)CNc1ccc(S(N)(=O)=O)cc1. The predicted octanol–water partition coefficient (Wildman–Crippen LogP) is 1.12. The molecule has 18 heavy (non-hydrogen) atoms.